The quantitative estimate of drug-likeness (QED) is 0.801. The number of likely N-dealkylation sites (tertiary alicyclic amines) is 1. The Morgan fingerprint density at radius 1 is 1.05 bits per heavy atom. The minimum absolute atomic E-state index is 0.233. The second-order valence-corrected chi connectivity index (χ2v) is 6.27. The molecule has 2 nitrogen and oxygen atoms in total. The van der Waals surface area contributed by atoms with Crippen LogP contribution in [0.1, 0.15) is 45.1 Å². The van der Waals surface area contributed by atoms with E-state index < -0.39 is 5.41 Å². The van der Waals surface area contributed by atoms with Crippen LogP contribution >= 0.6 is 11.6 Å². The predicted octanol–water partition coefficient (Wildman–Crippen LogP) is 4.02. The normalized spacial score (nSPS) is 17.1. The highest BCUT2D eigenvalue weighted by Gasteiger charge is 2.33. The van der Waals surface area contributed by atoms with Crippen molar-refractivity contribution in [1.82, 2.24) is 4.90 Å². The highest BCUT2D eigenvalue weighted by Crippen LogP contribution is 2.28. The average Bonchev–Trinajstić information content (AvgIpc) is 2.67. The standard InChI is InChI=1S/C16H22ClNO/c1-16(2,13-7-9-14(17)10-8-13)15(19)18-11-5-3-4-6-12-18/h7-10H,3-6,11-12H2,1-2H3. The molecule has 0 N–H and O–H groups in total. The number of hydrogen-bond donors (Lipinski definition) is 0. The van der Waals surface area contributed by atoms with Gasteiger partial charge in [-0.25, -0.2) is 0 Å². The monoisotopic (exact) mass is 279 g/mol. The summed E-state index contributed by atoms with van der Waals surface area (Å²) in [6, 6.07) is 7.62. The minimum Gasteiger partial charge on any atom is -0.342 e. The van der Waals surface area contributed by atoms with E-state index in [1.54, 1.807) is 0 Å². The molecule has 0 unspecified atom stereocenters. The molecule has 1 amide bonds. The van der Waals surface area contributed by atoms with E-state index in [9.17, 15) is 4.79 Å². The topological polar surface area (TPSA) is 20.3 Å². The van der Waals surface area contributed by atoms with E-state index in [0.29, 0.717) is 5.02 Å². The Morgan fingerprint density at radius 3 is 2.11 bits per heavy atom. The van der Waals surface area contributed by atoms with Crippen molar-refractivity contribution in [2.24, 2.45) is 0 Å². The predicted molar refractivity (Wildman–Crippen MR) is 79.5 cm³/mol. The summed E-state index contributed by atoms with van der Waals surface area (Å²) < 4.78 is 0. The number of benzene rings is 1. The molecule has 1 aliphatic heterocycles. The van der Waals surface area contributed by atoms with E-state index in [1.807, 2.05) is 43.0 Å². The Hall–Kier alpha value is -1.02. The summed E-state index contributed by atoms with van der Waals surface area (Å²) in [6.45, 7) is 5.80. The van der Waals surface area contributed by atoms with Gasteiger partial charge >= 0.3 is 0 Å². The Labute approximate surface area is 120 Å². The lowest BCUT2D eigenvalue weighted by Crippen LogP contribution is -2.43. The second kappa shape index (κ2) is 5.96. The van der Waals surface area contributed by atoms with Crippen LogP contribution in [0.25, 0.3) is 0 Å². The molecular formula is C16H22ClNO. The molecule has 1 fully saturated rings. The van der Waals surface area contributed by atoms with Crippen LogP contribution < -0.4 is 0 Å². The van der Waals surface area contributed by atoms with Gasteiger partial charge in [-0.15, -0.1) is 0 Å². The smallest absolute Gasteiger partial charge is 0.232 e. The van der Waals surface area contributed by atoms with Gasteiger partial charge in [-0.1, -0.05) is 36.6 Å². The van der Waals surface area contributed by atoms with E-state index in [2.05, 4.69) is 0 Å². The SMILES string of the molecule is CC(C)(C(=O)N1CCCCCC1)c1ccc(Cl)cc1. The van der Waals surface area contributed by atoms with Gasteiger partial charge < -0.3 is 4.90 Å². The molecule has 1 aliphatic rings. The van der Waals surface area contributed by atoms with E-state index in [-0.39, 0.29) is 5.91 Å². The van der Waals surface area contributed by atoms with Gasteiger partial charge in [-0.3, -0.25) is 4.79 Å². The van der Waals surface area contributed by atoms with Gasteiger partial charge in [0, 0.05) is 18.1 Å². The van der Waals surface area contributed by atoms with Gasteiger partial charge in [0.2, 0.25) is 5.91 Å². The van der Waals surface area contributed by atoms with Gasteiger partial charge in [0.05, 0.1) is 5.41 Å². The zero-order valence-electron chi connectivity index (χ0n) is 11.8. The van der Waals surface area contributed by atoms with Crippen molar-refractivity contribution in [2.75, 3.05) is 13.1 Å². The summed E-state index contributed by atoms with van der Waals surface area (Å²) in [5.41, 5.74) is 0.556. The Morgan fingerprint density at radius 2 is 1.58 bits per heavy atom. The highest BCUT2D eigenvalue weighted by molar-refractivity contribution is 6.30. The molecule has 104 valence electrons. The van der Waals surface area contributed by atoms with Crippen LogP contribution in [-0.4, -0.2) is 23.9 Å². The number of carbonyl (C=O) groups excluding carboxylic acids is 1. The number of amides is 1. The molecule has 0 aliphatic carbocycles. The van der Waals surface area contributed by atoms with Gasteiger partial charge in [-0.05, 0) is 44.4 Å². The first-order valence-electron chi connectivity index (χ1n) is 7.07. The van der Waals surface area contributed by atoms with Crippen LogP contribution in [0.2, 0.25) is 5.02 Å². The zero-order chi connectivity index (χ0) is 13.9. The van der Waals surface area contributed by atoms with Gasteiger partial charge in [0.25, 0.3) is 0 Å². The largest absolute Gasteiger partial charge is 0.342 e. The summed E-state index contributed by atoms with van der Waals surface area (Å²) in [5, 5.41) is 0.710. The number of rotatable bonds is 2. The maximum Gasteiger partial charge on any atom is 0.232 e. The molecule has 1 aromatic rings. The number of halogens is 1. The van der Waals surface area contributed by atoms with E-state index in [1.165, 1.54) is 12.8 Å². The van der Waals surface area contributed by atoms with Crippen molar-refractivity contribution in [2.45, 2.75) is 44.9 Å². The van der Waals surface area contributed by atoms with E-state index in [4.69, 9.17) is 11.6 Å². The Balaban J connectivity index is 2.17. The second-order valence-electron chi connectivity index (χ2n) is 5.84. The third-order valence-corrected chi connectivity index (χ3v) is 4.25. The first-order chi connectivity index (χ1) is 9.01. The maximum atomic E-state index is 12.8. The van der Waals surface area contributed by atoms with Crippen LogP contribution in [0, 0.1) is 0 Å². The van der Waals surface area contributed by atoms with Crippen molar-refractivity contribution in [3.8, 4) is 0 Å². The molecular weight excluding hydrogens is 258 g/mol. The van der Waals surface area contributed by atoms with Gasteiger partial charge in [0.1, 0.15) is 0 Å². The van der Waals surface area contributed by atoms with Crippen molar-refractivity contribution >= 4 is 17.5 Å². The summed E-state index contributed by atoms with van der Waals surface area (Å²) in [6.07, 6.45) is 4.74. The highest BCUT2D eigenvalue weighted by atomic mass is 35.5. The van der Waals surface area contributed by atoms with Crippen LogP contribution in [-0.2, 0) is 10.2 Å². The average molecular weight is 280 g/mol. The van der Waals surface area contributed by atoms with E-state index >= 15 is 0 Å². The molecule has 0 radical (unpaired) electrons. The number of hydrogen-bond acceptors (Lipinski definition) is 1. The lowest BCUT2D eigenvalue weighted by Gasteiger charge is -2.31. The van der Waals surface area contributed by atoms with Crippen LogP contribution in [0.5, 0.6) is 0 Å². The van der Waals surface area contributed by atoms with Crippen molar-refractivity contribution in [3.63, 3.8) is 0 Å². The molecule has 0 aromatic heterocycles. The molecule has 1 aromatic carbocycles. The van der Waals surface area contributed by atoms with Crippen LogP contribution in [0.4, 0.5) is 0 Å². The van der Waals surface area contributed by atoms with Gasteiger partial charge in [0.15, 0.2) is 0 Å². The first kappa shape index (κ1) is 14.4. The molecule has 1 saturated heterocycles. The lowest BCUT2D eigenvalue weighted by atomic mass is 9.83. The molecule has 1 heterocycles. The summed E-state index contributed by atoms with van der Waals surface area (Å²) in [5.74, 6) is 0.233. The third-order valence-electron chi connectivity index (χ3n) is 3.99. The summed E-state index contributed by atoms with van der Waals surface area (Å²) in [7, 11) is 0. The molecule has 0 atom stereocenters. The molecule has 19 heavy (non-hydrogen) atoms. The number of nitrogens with zero attached hydrogens (tertiary/aromatic N) is 1. The fraction of sp³-hybridized carbons (Fsp3) is 0.562. The fourth-order valence-electron chi connectivity index (χ4n) is 2.66. The Bertz CT molecular complexity index is 431. The summed E-state index contributed by atoms with van der Waals surface area (Å²) >= 11 is 5.92. The zero-order valence-corrected chi connectivity index (χ0v) is 12.5. The third kappa shape index (κ3) is 3.30. The molecule has 3 heteroatoms. The van der Waals surface area contributed by atoms with E-state index in [0.717, 1.165) is 31.5 Å². The van der Waals surface area contributed by atoms with Crippen LogP contribution in [0.15, 0.2) is 24.3 Å². The molecule has 0 spiro atoms. The fourth-order valence-corrected chi connectivity index (χ4v) is 2.79. The minimum atomic E-state index is -0.477. The van der Waals surface area contributed by atoms with Crippen LogP contribution in [0.3, 0.4) is 0 Å². The van der Waals surface area contributed by atoms with Crippen molar-refractivity contribution in [3.05, 3.63) is 34.9 Å². The maximum absolute atomic E-state index is 12.8. The van der Waals surface area contributed by atoms with Gasteiger partial charge in [-0.2, -0.15) is 0 Å². The number of carbonyl (C=O) groups is 1. The summed E-state index contributed by atoms with van der Waals surface area (Å²) in [4.78, 5) is 14.8. The molecule has 0 saturated carbocycles. The molecule has 0 bridgehead atoms. The first-order valence-corrected chi connectivity index (χ1v) is 7.45. The van der Waals surface area contributed by atoms with Crippen molar-refractivity contribution in [1.29, 1.82) is 0 Å². The molecule has 2 rings (SSSR count). The van der Waals surface area contributed by atoms with Crippen molar-refractivity contribution < 1.29 is 4.79 Å². The Kier molecular flexibility index (Phi) is 4.51. The lowest BCUT2D eigenvalue weighted by molar-refractivity contribution is -0.136.